The van der Waals surface area contributed by atoms with E-state index in [1.165, 1.54) is 0 Å². The zero-order valence-electron chi connectivity index (χ0n) is 11.0. The molecule has 1 saturated heterocycles. The van der Waals surface area contributed by atoms with Crippen molar-refractivity contribution >= 4 is 33.4 Å². The first kappa shape index (κ1) is 14.8. The number of aryl methyl sites for hydroxylation is 1. The predicted octanol–water partition coefficient (Wildman–Crippen LogP) is 2.86. The molecule has 1 fully saturated rings. The molecule has 0 aromatic heterocycles. The quantitative estimate of drug-likeness (QED) is 0.913. The van der Waals surface area contributed by atoms with Crippen LogP contribution in [0.4, 0.5) is 0 Å². The molecule has 5 heteroatoms. The zero-order chi connectivity index (χ0) is 13.8. The fourth-order valence-corrected chi connectivity index (χ4v) is 2.97. The minimum atomic E-state index is 0.223. The van der Waals surface area contributed by atoms with Gasteiger partial charge in [-0.1, -0.05) is 27.5 Å². The van der Waals surface area contributed by atoms with Gasteiger partial charge in [0.15, 0.2) is 0 Å². The van der Waals surface area contributed by atoms with Gasteiger partial charge in [0.2, 0.25) is 5.91 Å². The normalized spacial score (nSPS) is 19.5. The fourth-order valence-electron chi connectivity index (χ4n) is 2.33. The molecule has 1 heterocycles. The average molecular weight is 346 g/mol. The van der Waals surface area contributed by atoms with Crippen LogP contribution in [0, 0.1) is 0 Å². The maximum absolute atomic E-state index is 12.2. The molecule has 0 unspecified atom stereocenters. The second-order valence-corrected chi connectivity index (χ2v) is 6.17. The van der Waals surface area contributed by atoms with Crippen molar-refractivity contribution in [2.75, 3.05) is 19.6 Å². The van der Waals surface area contributed by atoms with Crippen LogP contribution in [0.5, 0.6) is 0 Å². The second kappa shape index (κ2) is 6.73. The van der Waals surface area contributed by atoms with Crippen LogP contribution < -0.4 is 5.32 Å². The van der Waals surface area contributed by atoms with Gasteiger partial charge in [-0.3, -0.25) is 4.79 Å². The van der Waals surface area contributed by atoms with Gasteiger partial charge in [-0.05, 0) is 37.1 Å². The molecule has 0 radical (unpaired) electrons. The molecular weight excluding hydrogens is 328 g/mol. The SMILES string of the molecule is C[C@@H]1CNCCN1C(=O)CCc1cc(Cl)ccc1Br. The molecule has 1 aromatic carbocycles. The van der Waals surface area contributed by atoms with Crippen LogP contribution in [-0.4, -0.2) is 36.5 Å². The lowest BCUT2D eigenvalue weighted by Crippen LogP contribution is -2.52. The number of carbonyl (C=O) groups excluding carboxylic acids is 1. The Morgan fingerprint density at radius 2 is 2.37 bits per heavy atom. The smallest absolute Gasteiger partial charge is 0.223 e. The van der Waals surface area contributed by atoms with Crippen molar-refractivity contribution in [3.63, 3.8) is 0 Å². The van der Waals surface area contributed by atoms with Crippen LogP contribution in [-0.2, 0) is 11.2 Å². The number of nitrogens with one attached hydrogen (secondary N) is 1. The Hall–Kier alpha value is -0.580. The number of rotatable bonds is 3. The highest BCUT2D eigenvalue weighted by Crippen LogP contribution is 2.22. The summed E-state index contributed by atoms with van der Waals surface area (Å²) in [6.07, 6.45) is 1.25. The van der Waals surface area contributed by atoms with E-state index in [1.807, 2.05) is 23.1 Å². The van der Waals surface area contributed by atoms with Gasteiger partial charge in [-0.25, -0.2) is 0 Å². The lowest BCUT2D eigenvalue weighted by Gasteiger charge is -2.34. The van der Waals surface area contributed by atoms with E-state index in [4.69, 9.17) is 11.6 Å². The van der Waals surface area contributed by atoms with Crippen molar-refractivity contribution in [1.82, 2.24) is 10.2 Å². The first-order valence-corrected chi connectivity index (χ1v) is 7.69. The van der Waals surface area contributed by atoms with Crippen molar-refractivity contribution in [3.05, 3.63) is 33.3 Å². The number of hydrogen-bond acceptors (Lipinski definition) is 2. The van der Waals surface area contributed by atoms with E-state index in [2.05, 4.69) is 28.2 Å². The molecule has 1 amide bonds. The molecule has 2 rings (SSSR count). The lowest BCUT2D eigenvalue weighted by atomic mass is 10.1. The summed E-state index contributed by atoms with van der Waals surface area (Å²) in [5.74, 6) is 0.223. The Morgan fingerprint density at radius 1 is 1.58 bits per heavy atom. The van der Waals surface area contributed by atoms with Crippen LogP contribution in [0.15, 0.2) is 22.7 Å². The van der Waals surface area contributed by atoms with E-state index in [0.717, 1.165) is 36.1 Å². The van der Waals surface area contributed by atoms with Crippen LogP contribution in [0.25, 0.3) is 0 Å². The summed E-state index contributed by atoms with van der Waals surface area (Å²) in [6.45, 7) is 4.65. The summed E-state index contributed by atoms with van der Waals surface area (Å²) < 4.78 is 1.01. The lowest BCUT2D eigenvalue weighted by molar-refractivity contribution is -0.133. The Kier molecular flexibility index (Phi) is 5.25. The van der Waals surface area contributed by atoms with Crippen molar-refractivity contribution < 1.29 is 4.79 Å². The Bertz CT molecular complexity index is 467. The van der Waals surface area contributed by atoms with Crippen LogP contribution in [0.2, 0.25) is 5.02 Å². The summed E-state index contributed by atoms with van der Waals surface area (Å²) in [7, 11) is 0. The number of piperazine rings is 1. The number of halogens is 2. The summed E-state index contributed by atoms with van der Waals surface area (Å²) >= 11 is 9.47. The average Bonchev–Trinajstić information content (AvgIpc) is 2.40. The Morgan fingerprint density at radius 3 is 3.11 bits per heavy atom. The molecule has 0 aliphatic carbocycles. The van der Waals surface area contributed by atoms with Crippen LogP contribution >= 0.6 is 27.5 Å². The number of carbonyl (C=O) groups is 1. The highest BCUT2D eigenvalue weighted by Gasteiger charge is 2.22. The first-order chi connectivity index (χ1) is 9.08. The molecule has 104 valence electrons. The molecule has 0 spiro atoms. The topological polar surface area (TPSA) is 32.3 Å². The largest absolute Gasteiger partial charge is 0.337 e. The summed E-state index contributed by atoms with van der Waals surface area (Å²) in [5.41, 5.74) is 1.09. The molecular formula is C14H18BrClN2O. The number of benzene rings is 1. The first-order valence-electron chi connectivity index (χ1n) is 6.52. The Labute approximate surface area is 127 Å². The monoisotopic (exact) mass is 344 g/mol. The van der Waals surface area contributed by atoms with E-state index in [1.54, 1.807) is 0 Å². The highest BCUT2D eigenvalue weighted by atomic mass is 79.9. The van der Waals surface area contributed by atoms with Gasteiger partial charge in [0.1, 0.15) is 0 Å². The molecule has 19 heavy (non-hydrogen) atoms. The predicted molar refractivity (Wildman–Crippen MR) is 81.5 cm³/mol. The van der Waals surface area contributed by atoms with Gasteiger partial charge >= 0.3 is 0 Å². The minimum absolute atomic E-state index is 0.223. The summed E-state index contributed by atoms with van der Waals surface area (Å²) in [4.78, 5) is 14.2. The summed E-state index contributed by atoms with van der Waals surface area (Å²) in [6, 6.07) is 5.97. The van der Waals surface area contributed by atoms with Crippen molar-refractivity contribution in [1.29, 1.82) is 0 Å². The molecule has 3 nitrogen and oxygen atoms in total. The van der Waals surface area contributed by atoms with Crippen molar-refractivity contribution in [2.24, 2.45) is 0 Å². The van der Waals surface area contributed by atoms with Gasteiger partial charge < -0.3 is 10.2 Å². The summed E-state index contributed by atoms with van der Waals surface area (Å²) in [5, 5.41) is 4.00. The maximum Gasteiger partial charge on any atom is 0.223 e. The molecule has 0 saturated carbocycles. The fraction of sp³-hybridized carbons (Fsp3) is 0.500. The molecule has 1 N–H and O–H groups in total. The van der Waals surface area contributed by atoms with E-state index < -0.39 is 0 Å². The molecule has 1 aliphatic rings. The van der Waals surface area contributed by atoms with Crippen LogP contribution in [0.3, 0.4) is 0 Å². The van der Waals surface area contributed by atoms with E-state index in [0.29, 0.717) is 11.4 Å². The number of nitrogens with zero attached hydrogens (tertiary/aromatic N) is 1. The van der Waals surface area contributed by atoms with Gasteiger partial charge in [-0.15, -0.1) is 0 Å². The van der Waals surface area contributed by atoms with Gasteiger partial charge in [0, 0.05) is 41.6 Å². The van der Waals surface area contributed by atoms with Gasteiger partial charge in [0.25, 0.3) is 0 Å². The molecule has 1 aromatic rings. The standard InChI is InChI=1S/C14H18BrClN2O/c1-10-9-17-6-7-18(10)14(19)5-2-11-8-12(16)3-4-13(11)15/h3-4,8,10,17H,2,5-7,9H2,1H3/t10-/m1/s1. The molecule has 0 bridgehead atoms. The van der Waals surface area contributed by atoms with Crippen LogP contribution in [0.1, 0.15) is 18.9 Å². The maximum atomic E-state index is 12.2. The number of hydrogen-bond donors (Lipinski definition) is 1. The van der Waals surface area contributed by atoms with E-state index >= 15 is 0 Å². The minimum Gasteiger partial charge on any atom is -0.337 e. The third-order valence-electron chi connectivity index (χ3n) is 3.44. The third-order valence-corrected chi connectivity index (χ3v) is 4.45. The van der Waals surface area contributed by atoms with E-state index in [-0.39, 0.29) is 11.9 Å². The second-order valence-electron chi connectivity index (χ2n) is 4.88. The Balaban J connectivity index is 1.94. The highest BCUT2D eigenvalue weighted by molar-refractivity contribution is 9.10. The molecule has 1 aliphatic heterocycles. The van der Waals surface area contributed by atoms with E-state index in [9.17, 15) is 4.79 Å². The van der Waals surface area contributed by atoms with Crippen molar-refractivity contribution in [2.45, 2.75) is 25.8 Å². The van der Waals surface area contributed by atoms with Gasteiger partial charge in [0.05, 0.1) is 0 Å². The van der Waals surface area contributed by atoms with Gasteiger partial charge in [-0.2, -0.15) is 0 Å². The molecule has 1 atom stereocenters. The zero-order valence-corrected chi connectivity index (χ0v) is 13.3. The third kappa shape index (κ3) is 3.94. The van der Waals surface area contributed by atoms with Crippen molar-refractivity contribution in [3.8, 4) is 0 Å². The number of amides is 1.